The van der Waals surface area contributed by atoms with Crippen molar-refractivity contribution in [1.29, 1.82) is 0 Å². The molecule has 0 spiro atoms. The van der Waals surface area contributed by atoms with Crippen LogP contribution in [0.2, 0.25) is 10.0 Å². The molecular weight excluding hydrogens is 291 g/mol. The van der Waals surface area contributed by atoms with Gasteiger partial charge in [0.05, 0.1) is 0 Å². The fourth-order valence-corrected chi connectivity index (χ4v) is 3.11. The van der Waals surface area contributed by atoms with Crippen molar-refractivity contribution >= 4 is 23.2 Å². The minimum atomic E-state index is -0.713. The van der Waals surface area contributed by atoms with E-state index in [9.17, 15) is 5.11 Å². The Labute approximate surface area is 129 Å². The predicted octanol–water partition coefficient (Wildman–Crippen LogP) is 5.34. The van der Waals surface area contributed by atoms with Gasteiger partial charge in [0.1, 0.15) is 6.10 Å². The summed E-state index contributed by atoms with van der Waals surface area (Å²) < 4.78 is 0. The highest BCUT2D eigenvalue weighted by molar-refractivity contribution is 6.35. The van der Waals surface area contributed by atoms with Crippen LogP contribution in [0.3, 0.4) is 0 Å². The predicted molar refractivity (Wildman–Crippen MR) is 83.6 cm³/mol. The fraction of sp³-hybridized carbons (Fsp3) is 0.294. The standard InChI is InChI=1S/C17H16Cl2O/c18-14-8-9-15(16(19)10-14)17(20)13-6-4-12(5-7-13)11-2-1-3-11/h4-11,17,20H,1-3H2. The van der Waals surface area contributed by atoms with Crippen molar-refractivity contribution in [1.82, 2.24) is 0 Å². The van der Waals surface area contributed by atoms with Gasteiger partial charge in [0, 0.05) is 15.6 Å². The molecule has 1 fully saturated rings. The van der Waals surface area contributed by atoms with E-state index >= 15 is 0 Å². The van der Waals surface area contributed by atoms with Gasteiger partial charge in [-0.1, -0.05) is 60.0 Å². The summed E-state index contributed by atoms with van der Waals surface area (Å²) in [7, 11) is 0. The van der Waals surface area contributed by atoms with Gasteiger partial charge in [0.15, 0.2) is 0 Å². The maximum atomic E-state index is 10.4. The van der Waals surface area contributed by atoms with Gasteiger partial charge in [-0.15, -0.1) is 0 Å². The van der Waals surface area contributed by atoms with Gasteiger partial charge in [0.2, 0.25) is 0 Å². The first-order chi connectivity index (χ1) is 9.65. The van der Waals surface area contributed by atoms with Crippen LogP contribution in [0.15, 0.2) is 42.5 Å². The molecule has 3 heteroatoms. The lowest BCUT2D eigenvalue weighted by atomic mass is 9.80. The highest BCUT2D eigenvalue weighted by Gasteiger charge is 2.20. The number of aliphatic hydroxyl groups is 1. The fourth-order valence-electron chi connectivity index (χ4n) is 2.59. The van der Waals surface area contributed by atoms with Crippen molar-refractivity contribution < 1.29 is 5.11 Å². The van der Waals surface area contributed by atoms with Gasteiger partial charge in [-0.3, -0.25) is 0 Å². The maximum Gasteiger partial charge on any atom is 0.105 e. The van der Waals surface area contributed by atoms with E-state index in [1.165, 1.54) is 24.8 Å². The van der Waals surface area contributed by atoms with Crippen LogP contribution in [0.25, 0.3) is 0 Å². The van der Waals surface area contributed by atoms with Crippen molar-refractivity contribution in [2.75, 3.05) is 0 Å². The molecule has 1 atom stereocenters. The van der Waals surface area contributed by atoms with Crippen molar-refractivity contribution in [3.05, 3.63) is 69.2 Å². The highest BCUT2D eigenvalue weighted by atomic mass is 35.5. The van der Waals surface area contributed by atoms with Crippen molar-refractivity contribution in [3.63, 3.8) is 0 Å². The molecule has 1 N–H and O–H groups in total. The number of benzene rings is 2. The second-order valence-corrected chi connectivity index (χ2v) is 6.21. The number of rotatable bonds is 3. The summed E-state index contributed by atoms with van der Waals surface area (Å²) in [5.41, 5.74) is 2.92. The molecule has 0 amide bonds. The summed E-state index contributed by atoms with van der Waals surface area (Å²) in [4.78, 5) is 0. The van der Waals surface area contributed by atoms with Gasteiger partial charge < -0.3 is 5.11 Å². The van der Waals surface area contributed by atoms with Gasteiger partial charge in [-0.25, -0.2) is 0 Å². The smallest absolute Gasteiger partial charge is 0.105 e. The SMILES string of the molecule is OC(c1ccc(C2CCC2)cc1)c1ccc(Cl)cc1Cl. The second kappa shape index (κ2) is 5.77. The molecule has 1 saturated carbocycles. The third kappa shape index (κ3) is 2.71. The Kier molecular flexibility index (Phi) is 4.02. The molecule has 1 aliphatic rings. The van der Waals surface area contributed by atoms with Crippen LogP contribution in [0.4, 0.5) is 0 Å². The zero-order chi connectivity index (χ0) is 14.1. The number of halogens is 2. The zero-order valence-corrected chi connectivity index (χ0v) is 12.5. The Morgan fingerprint density at radius 3 is 2.25 bits per heavy atom. The van der Waals surface area contributed by atoms with E-state index in [4.69, 9.17) is 23.2 Å². The molecule has 0 saturated heterocycles. The number of hydrogen-bond donors (Lipinski definition) is 1. The molecule has 0 bridgehead atoms. The molecule has 20 heavy (non-hydrogen) atoms. The minimum Gasteiger partial charge on any atom is -0.384 e. The number of aliphatic hydroxyl groups excluding tert-OH is 1. The van der Waals surface area contributed by atoms with Gasteiger partial charge in [-0.05, 0) is 42.0 Å². The monoisotopic (exact) mass is 306 g/mol. The molecule has 0 radical (unpaired) electrons. The Balaban J connectivity index is 1.84. The third-order valence-corrected chi connectivity index (χ3v) is 4.65. The molecular formula is C17H16Cl2O. The molecule has 0 aliphatic heterocycles. The van der Waals surface area contributed by atoms with Crippen LogP contribution in [0, 0.1) is 0 Å². The lowest BCUT2D eigenvalue weighted by Crippen LogP contribution is -2.09. The van der Waals surface area contributed by atoms with Crippen LogP contribution in [-0.2, 0) is 0 Å². The Morgan fingerprint density at radius 1 is 1.00 bits per heavy atom. The molecule has 1 aliphatic carbocycles. The van der Waals surface area contributed by atoms with E-state index in [0.29, 0.717) is 21.5 Å². The summed E-state index contributed by atoms with van der Waals surface area (Å²) in [5.74, 6) is 0.709. The van der Waals surface area contributed by atoms with E-state index in [1.54, 1.807) is 18.2 Å². The summed E-state index contributed by atoms with van der Waals surface area (Å²) in [6.45, 7) is 0. The van der Waals surface area contributed by atoms with Crippen molar-refractivity contribution in [2.45, 2.75) is 31.3 Å². The Hall–Kier alpha value is -1.02. The molecule has 1 unspecified atom stereocenters. The highest BCUT2D eigenvalue weighted by Crippen LogP contribution is 2.37. The molecule has 2 aromatic carbocycles. The zero-order valence-electron chi connectivity index (χ0n) is 11.0. The second-order valence-electron chi connectivity index (χ2n) is 5.36. The van der Waals surface area contributed by atoms with Crippen LogP contribution in [0.5, 0.6) is 0 Å². The normalized spacial score (nSPS) is 16.8. The lowest BCUT2D eigenvalue weighted by molar-refractivity contribution is 0.220. The van der Waals surface area contributed by atoms with Crippen molar-refractivity contribution in [3.8, 4) is 0 Å². The molecule has 1 nitrogen and oxygen atoms in total. The quantitative estimate of drug-likeness (QED) is 0.811. The van der Waals surface area contributed by atoms with Crippen LogP contribution in [0.1, 0.15) is 48.0 Å². The summed E-state index contributed by atoms with van der Waals surface area (Å²) >= 11 is 12.0. The molecule has 0 aromatic heterocycles. The minimum absolute atomic E-state index is 0.494. The third-order valence-electron chi connectivity index (χ3n) is 4.09. The van der Waals surface area contributed by atoms with Crippen LogP contribution in [-0.4, -0.2) is 5.11 Å². The average Bonchev–Trinajstić information content (AvgIpc) is 2.37. The van der Waals surface area contributed by atoms with E-state index in [-0.39, 0.29) is 0 Å². The van der Waals surface area contributed by atoms with E-state index in [1.807, 2.05) is 12.1 Å². The Morgan fingerprint density at radius 2 is 1.70 bits per heavy atom. The Bertz CT molecular complexity index is 603. The van der Waals surface area contributed by atoms with Crippen molar-refractivity contribution in [2.24, 2.45) is 0 Å². The topological polar surface area (TPSA) is 20.2 Å². The largest absolute Gasteiger partial charge is 0.384 e. The molecule has 3 rings (SSSR count). The van der Waals surface area contributed by atoms with E-state index < -0.39 is 6.10 Å². The number of hydrogen-bond acceptors (Lipinski definition) is 1. The molecule has 2 aromatic rings. The molecule has 104 valence electrons. The van der Waals surface area contributed by atoms with E-state index in [0.717, 1.165) is 5.56 Å². The summed E-state index contributed by atoms with van der Waals surface area (Å²) in [6.07, 6.45) is 3.18. The first-order valence-electron chi connectivity index (χ1n) is 6.88. The maximum absolute atomic E-state index is 10.4. The van der Waals surface area contributed by atoms with Crippen LogP contribution < -0.4 is 0 Å². The first-order valence-corrected chi connectivity index (χ1v) is 7.63. The van der Waals surface area contributed by atoms with Gasteiger partial charge in [0.25, 0.3) is 0 Å². The summed E-state index contributed by atoms with van der Waals surface area (Å²) in [5, 5.41) is 11.5. The van der Waals surface area contributed by atoms with Crippen LogP contribution >= 0.6 is 23.2 Å². The van der Waals surface area contributed by atoms with Gasteiger partial charge >= 0.3 is 0 Å². The summed E-state index contributed by atoms with van der Waals surface area (Å²) in [6, 6.07) is 13.4. The average molecular weight is 307 g/mol. The first kappa shape index (κ1) is 13.9. The molecule has 0 heterocycles. The lowest BCUT2D eigenvalue weighted by Gasteiger charge is -2.26. The van der Waals surface area contributed by atoms with E-state index in [2.05, 4.69) is 12.1 Å². The van der Waals surface area contributed by atoms with Gasteiger partial charge in [-0.2, -0.15) is 0 Å².